The zero-order chi connectivity index (χ0) is 39.4. The number of amides is 1. The van der Waals surface area contributed by atoms with Gasteiger partial charge < -0.3 is 20.6 Å². The third kappa shape index (κ3) is 38.8. The molecule has 3 atom stereocenters. The van der Waals surface area contributed by atoms with E-state index >= 15 is 0 Å². The second-order valence-electron chi connectivity index (χ2n) is 16.3. The van der Waals surface area contributed by atoms with Gasteiger partial charge in [0.1, 0.15) is 6.10 Å². The number of carbonyl (C=O) groups excluding carboxylic acids is 1. The maximum atomic E-state index is 12.5. The van der Waals surface area contributed by atoms with Gasteiger partial charge in [0.05, 0.1) is 18.8 Å². The molecular formula is C49H93NO4. The molecule has 5 nitrogen and oxygen atoms in total. The van der Waals surface area contributed by atoms with Gasteiger partial charge in [-0.15, -0.1) is 0 Å². The Balaban J connectivity index is 3.62. The first-order chi connectivity index (χ1) is 26.6. The van der Waals surface area contributed by atoms with Crippen molar-refractivity contribution in [1.82, 2.24) is 5.32 Å². The summed E-state index contributed by atoms with van der Waals surface area (Å²) in [6.45, 7) is 4.08. The topological polar surface area (TPSA) is 89.8 Å². The third-order valence-electron chi connectivity index (χ3n) is 11.0. The minimum absolute atomic E-state index is 0.154. The number of carbonyl (C=O) groups is 1. The Morgan fingerprint density at radius 2 is 0.852 bits per heavy atom. The number of aliphatic hydroxyl groups excluding tert-OH is 3. The molecule has 0 aliphatic heterocycles. The van der Waals surface area contributed by atoms with E-state index in [0.717, 1.165) is 51.4 Å². The molecule has 0 rings (SSSR count). The van der Waals surface area contributed by atoms with Crippen molar-refractivity contribution in [2.24, 2.45) is 0 Å². The minimum Gasteiger partial charge on any atom is -0.394 e. The highest BCUT2D eigenvalue weighted by molar-refractivity contribution is 5.76. The summed E-state index contributed by atoms with van der Waals surface area (Å²) < 4.78 is 0. The van der Waals surface area contributed by atoms with Crippen LogP contribution in [0.4, 0.5) is 0 Å². The van der Waals surface area contributed by atoms with Gasteiger partial charge in [0, 0.05) is 6.42 Å². The highest BCUT2D eigenvalue weighted by Gasteiger charge is 2.26. The number of hydrogen-bond acceptors (Lipinski definition) is 4. The van der Waals surface area contributed by atoms with Gasteiger partial charge in [0.25, 0.3) is 0 Å². The SMILES string of the molecule is CC/C=C\C/C=C\CCCCCCCCCCCCCCCCC(=O)NC(CO)C(O)C(O)CCC/C=C/CCCCCCCCCCCCCCCC. The Bertz CT molecular complexity index is 840. The average molecular weight is 760 g/mol. The molecule has 0 saturated carbocycles. The molecule has 0 saturated heterocycles. The second kappa shape index (κ2) is 44.3. The van der Waals surface area contributed by atoms with Gasteiger partial charge in [-0.25, -0.2) is 0 Å². The Morgan fingerprint density at radius 3 is 1.28 bits per heavy atom. The molecule has 0 fully saturated rings. The van der Waals surface area contributed by atoms with Crippen molar-refractivity contribution in [2.45, 2.75) is 263 Å². The summed E-state index contributed by atoms with van der Waals surface area (Å²) in [4.78, 5) is 12.5. The smallest absolute Gasteiger partial charge is 0.220 e. The zero-order valence-corrected chi connectivity index (χ0v) is 36.1. The Kier molecular flexibility index (Phi) is 43.1. The fourth-order valence-electron chi connectivity index (χ4n) is 7.32. The summed E-state index contributed by atoms with van der Waals surface area (Å²) >= 11 is 0. The molecule has 0 bridgehead atoms. The summed E-state index contributed by atoms with van der Waals surface area (Å²) in [5.74, 6) is -0.154. The zero-order valence-electron chi connectivity index (χ0n) is 36.1. The summed E-state index contributed by atoms with van der Waals surface area (Å²) in [5.41, 5.74) is 0. The summed E-state index contributed by atoms with van der Waals surface area (Å²) in [5, 5.41) is 33.6. The van der Waals surface area contributed by atoms with E-state index in [1.54, 1.807) is 0 Å². The molecule has 3 unspecified atom stereocenters. The summed E-state index contributed by atoms with van der Waals surface area (Å²) in [6.07, 6.45) is 55.5. The predicted molar refractivity (Wildman–Crippen MR) is 236 cm³/mol. The van der Waals surface area contributed by atoms with Crippen molar-refractivity contribution >= 4 is 5.91 Å². The highest BCUT2D eigenvalue weighted by Crippen LogP contribution is 2.16. The van der Waals surface area contributed by atoms with Gasteiger partial charge in [0.2, 0.25) is 5.91 Å². The van der Waals surface area contributed by atoms with Crippen molar-refractivity contribution in [1.29, 1.82) is 0 Å². The largest absolute Gasteiger partial charge is 0.394 e. The van der Waals surface area contributed by atoms with Gasteiger partial charge in [-0.2, -0.15) is 0 Å². The summed E-state index contributed by atoms with van der Waals surface area (Å²) in [6, 6.07) is -0.825. The fourth-order valence-corrected chi connectivity index (χ4v) is 7.32. The van der Waals surface area contributed by atoms with E-state index in [1.807, 2.05) is 0 Å². The summed E-state index contributed by atoms with van der Waals surface area (Å²) in [7, 11) is 0. The van der Waals surface area contributed by atoms with E-state index < -0.39 is 18.2 Å². The fraction of sp³-hybridized carbons (Fsp3) is 0.857. The molecule has 0 spiro atoms. The van der Waals surface area contributed by atoms with Crippen LogP contribution in [-0.2, 0) is 4.79 Å². The molecule has 54 heavy (non-hydrogen) atoms. The lowest BCUT2D eigenvalue weighted by Gasteiger charge is -2.26. The van der Waals surface area contributed by atoms with E-state index in [4.69, 9.17) is 0 Å². The number of rotatable bonds is 43. The van der Waals surface area contributed by atoms with Crippen molar-refractivity contribution in [2.75, 3.05) is 6.61 Å². The normalized spacial score (nSPS) is 13.8. The van der Waals surface area contributed by atoms with Gasteiger partial charge in [-0.05, 0) is 64.2 Å². The quantitative estimate of drug-likeness (QED) is 0.0368. The Hall–Kier alpha value is -1.43. The molecule has 0 heterocycles. The molecule has 5 heteroatoms. The number of unbranched alkanes of at least 4 members (excludes halogenated alkanes) is 29. The molecule has 0 radical (unpaired) electrons. The molecule has 1 amide bonds. The highest BCUT2D eigenvalue weighted by atomic mass is 16.3. The maximum absolute atomic E-state index is 12.5. The van der Waals surface area contributed by atoms with Crippen molar-refractivity contribution < 1.29 is 20.1 Å². The Labute approximate surface area is 336 Å². The molecule has 0 aromatic rings. The van der Waals surface area contributed by atoms with Crippen LogP contribution in [0.25, 0.3) is 0 Å². The van der Waals surface area contributed by atoms with Crippen LogP contribution < -0.4 is 5.32 Å². The first-order valence-corrected chi connectivity index (χ1v) is 23.8. The number of nitrogens with one attached hydrogen (secondary N) is 1. The van der Waals surface area contributed by atoms with Gasteiger partial charge >= 0.3 is 0 Å². The van der Waals surface area contributed by atoms with Crippen LogP contribution in [0, 0.1) is 0 Å². The minimum atomic E-state index is -1.16. The number of aliphatic hydroxyl groups is 3. The number of hydrogen-bond donors (Lipinski definition) is 4. The van der Waals surface area contributed by atoms with Gasteiger partial charge in [-0.3, -0.25) is 4.79 Å². The van der Waals surface area contributed by atoms with Crippen LogP contribution in [0.1, 0.15) is 245 Å². The van der Waals surface area contributed by atoms with Crippen LogP contribution in [0.3, 0.4) is 0 Å². The molecule has 4 N–H and O–H groups in total. The van der Waals surface area contributed by atoms with E-state index in [1.165, 1.54) is 167 Å². The lowest BCUT2D eigenvalue weighted by molar-refractivity contribution is -0.124. The number of allylic oxidation sites excluding steroid dienone is 6. The lowest BCUT2D eigenvalue weighted by atomic mass is 10.0. The van der Waals surface area contributed by atoms with E-state index in [9.17, 15) is 20.1 Å². The first kappa shape index (κ1) is 52.6. The molecule has 318 valence electrons. The van der Waals surface area contributed by atoms with E-state index in [2.05, 4.69) is 55.6 Å². The third-order valence-corrected chi connectivity index (χ3v) is 11.0. The van der Waals surface area contributed by atoms with Gasteiger partial charge in [0.15, 0.2) is 0 Å². The molecule has 0 aliphatic carbocycles. The van der Waals surface area contributed by atoms with Crippen LogP contribution in [-0.4, -0.2) is 46.1 Å². The van der Waals surface area contributed by atoms with Crippen LogP contribution in [0.15, 0.2) is 36.5 Å². The van der Waals surface area contributed by atoms with Crippen molar-refractivity contribution in [3.63, 3.8) is 0 Å². The first-order valence-electron chi connectivity index (χ1n) is 23.8. The molecule has 0 aromatic heterocycles. The second-order valence-corrected chi connectivity index (χ2v) is 16.3. The van der Waals surface area contributed by atoms with Gasteiger partial charge in [-0.1, -0.05) is 211 Å². The molecular weight excluding hydrogens is 667 g/mol. The van der Waals surface area contributed by atoms with Crippen LogP contribution in [0.5, 0.6) is 0 Å². The van der Waals surface area contributed by atoms with E-state index in [-0.39, 0.29) is 12.5 Å². The van der Waals surface area contributed by atoms with Crippen LogP contribution >= 0.6 is 0 Å². The molecule has 0 aromatic carbocycles. The monoisotopic (exact) mass is 760 g/mol. The standard InChI is InChI=1S/C49H93NO4/c1-3-5-7-9-11-13-15-17-19-21-23-24-26-28-30-32-34-36-38-40-42-44-48(53)50-46(45-51)49(54)47(52)43-41-39-37-35-33-31-29-27-25-22-20-18-16-14-12-10-8-6-4-2/h5,7,11,13,35,37,46-47,49,51-52,54H,3-4,6,8-10,12,14-34,36,38-45H2,1-2H3,(H,50,53)/b7-5-,13-11-,37-35+. The van der Waals surface area contributed by atoms with E-state index in [0.29, 0.717) is 12.8 Å². The van der Waals surface area contributed by atoms with Crippen molar-refractivity contribution in [3.05, 3.63) is 36.5 Å². The average Bonchev–Trinajstić information content (AvgIpc) is 3.18. The predicted octanol–water partition coefficient (Wildman–Crippen LogP) is 13.9. The lowest BCUT2D eigenvalue weighted by Crippen LogP contribution is -2.50. The Morgan fingerprint density at radius 1 is 0.481 bits per heavy atom. The maximum Gasteiger partial charge on any atom is 0.220 e. The van der Waals surface area contributed by atoms with Crippen LogP contribution in [0.2, 0.25) is 0 Å². The molecule has 0 aliphatic rings. The van der Waals surface area contributed by atoms with Crippen molar-refractivity contribution in [3.8, 4) is 0 Å².